The van der Waals surface area contributed by atoms with E-state index in [1.807, 2.05) is 24.5 Å². The van der Waals surface area contributed by atoms with Gasteiger partial charge in [0.15, 0.2) is 0 Å². The largest absolute Gasteiger partial charge is 0.355 e. The summed E-state index contributed by atoms with van der Waals surface area (Å²) in [5, 5.41) is 5.46. The molecule has 8 heteroatoms. The Kier molecular flexibility index (Phi) is 9.39. The molecule has 0 heterocycles. The summed E-state index contributed by atoms with van der Waals surface area (Å²) in [4.78, 5) is 39.0. The molecule has 2 aromatic carbocycles. The number of nitrogens with zero attached hydrogens (tertiary/aromatic N) is 1. The number of halogens is 1. The minimum atomic E-state index is -0.618. The Bertz CT molecular complexity index is 889. The van der Waals surface area contributed by atoms with Crippen molar-refractivity contribution in [3.63, 3.8) is 0 Å². The van der Waals surface area contributed by atoms with Gasteiger partial charge in [0.25, 0.3) is 11.8 Å². The number of benzene rings is 2. The summed E-state index contributed by atoms with van der Waals surface area (Å²) in [6.07, 6.45) is 2.50. The van der Waals surface area contributed by atoms with Crippen LogP contribution in [0.15, 0.2) is 53.0 Å². The molecule has 0 bridgehead atoms. The number of amides is 3. The van der Waals surface area contributed by atoms with Crippen LogP contribution in [0.25, 0.3) is 0 Å². The molecule has 3 amide bonds. The number of carbonyl (C=O) groups excluding carboxylic acids is 3. The molecule has 2 rings (SSSR count). The van der Waals surface area contributed by atoms with Gasteiger partial charge in [0.1, 0.15) is 6.04 Å². The lowest BCUT2D eigenvalue weighted by atomic mass is 10.1. The van der Waals surface area contributed by atoms with E-state index in [0.717, 1.165) is 11.3 Å². The van der Waals surface area contributed by atoms with Crippen LogP contribution < -0.4 is 10.6 Å². The van der Waals surface area contributed by atoms with Crippen molar-refractivity contribution in [3.8, 4) is 0 Å². The van der Waals surface area contributed by atoms with Crippen LogP contribution in [0.3, 0.4) is 0 Å². The smallest absolute Gasteiger partial charge is 0.253 e. The summed E-state index contributed by atoms with van der Waals surface area (Å²) in [5.41, 5.74) is 1.96. The summed E-state index contributed by atoms with van der Waals surface area (Å²) >= 11 is 5.01. The summed E-state index contributed by atoms with van der Waals surface area (Å²) in [6, 6.07) is 13.6. The predicted molar refractivity (Wildman–Crippen MR) is 125 cm³/mol. The van der Waals surface area contributed by atoms with Gasteiger partial charge < -0.3 is 15.5 Å². The lowest BCUT2D eigenvalue weighted by Gasteiger charge is -2.25. The molecular formula is C22H26BrN3O3S. The van der Waals surface area contributed by atoms with Crippen molar-refractivity contribution in [2.75, 3.05) is 26.1 Å². The Labute approximate surface area is 189 Å². The molecule has 0 saturated carbocycles. The molecule has 2 N–H and O–H groups in total. The highest BCUT2D eigenvalue weighted by Crippen LogP contribution is 2.17. The van der Waals surface area contributed by atoms with Gasteiger partial charge in [0.05, 0.1) is 5.56 Å². The first kappa shape index (κ1) is 24.0. The van der Waals surface area contributed by atoms with E-state index in [-0.39, 0.29) is 17.7 Å². The summed E-state index contributed by atoms with van der Waals surface area (Å²) in [7, 11) is 3.30. The Morgan fingerprint density at radius 1 is 1.07 bits per heavy atom. The number of hydrogen-bond acceptors (Lipinski definition) is 4. The van der Waals surface area contributed by atoms with Crippen LogP contribution >= 0.6 is 27.7 Å². The highest BCUT2D eigenvalue weighted by Gasteiger charge is 2.25. The monoisotopic (exact) mass is 491 g/mol. The Morgan fingerprint density at radius 2 is 1.73 bits per heavy atom. The van der Waals surface area contributed by atoms with Crippen LogP contribution in [0.1, 0.15) is 32.7 Å². The standard InChI is InChI=1S/C22H26BrN3O3S/c1-24-20(27)16-10-8-15(9-11-16)14-26(2)22(29)19(12-13-30-3)25-21(28)17-6-4-5-7-18(17)23/h4-11,19H,12-14H2,1-3H3,(H,24,27)(H,25,28). The minimum Gasteiger partial charge on any atom is -0.355 e. The second-order valence-corrected chi connectivity index (χ2v) is 8.60. The van der Waals surface area contributed by atoms with Crippen LogP contribution in [0, 0.1) is 0 Å². The Morgan fingerprint density at radius 3 is 2.33 bits per heavy atom. The second-order valence-electron chi connectivity index (χ2n) is 6.76. The molecule has 0 aliphatic rings. The van der Waals surface area contributed by atoms with Gasteiger partial charge in [-0.2, -0.15) is 11.8 Å². The van der Waals surface area contributed by atoms with E-state index in [4.69, 9.17) is 0 Å². The van der Waals surface area contributed by atoms with E-state index in [1.54, 1.807) is 61.1 Å². The second kappa shape index (κ2) is 11.8. The van der Waals surface area contributed by atoms with E-state index in [9.17, 15) is 14.4 Å². The molecule has 1 atom stereocenters. The van der Waals surface area contributed by atoms with Crippen LogP contribution in [-0.4, -0.2) is 54.8 Å². The minimum absolute atomic E-state index is 0.153. The third-order valence-electron chi connectivity index (χ3n) is 4.57. The molecule has 2 aromatic rings. The number of hydrogen-bond donors (Lipinski definition) is 2. The lowest BCUT2D eigenvalue weighted by molar-refractivity contribution is -0.132. The molecular weight excluding hydrogens is 466 g/mol. The average Bonchev–Trinajstić information content (AvgIpc) is 2.76. The van der Waals surface area contributed by atoms with Crippen molar-refractivity contribution < 1.29 is 14.4 Å². The van der Waals surface area contributed by atoms with E-state index in [1.165, 1.54) is 0 Å². The Hall–Kier alpha value is -2.32. The summed E-state index contributed by atoms with van der Waals surface area (Å²) in [6.45, 7) is 0.382. The lowest BCUT2D eigenvalue weighted by Crippen LogP contribution is -2.47. The third-order valence-corrected chi connectivity index (χ3v) is 5.91. The molecule has 30 heavy (non-hydrogen) atoms. The number of nitrogens with one attached hydrogen (secondary N) is 2. The predicted octanol–water partition coefficient (Wildman–Crippen LogP) is 3.32. The van der Waals surface area contributed by atoms with Gasteiger partial charge >= 0.3 is 0 Å². The first-order chi connectivity index (χ1) is 14.4. The average molecular weight is 492 g/mol. The molecule has 6 nitrogen and oxygen atoms in total. The van der Waals surface area contributed by atoms with Crippen molar-refractivity contribution >= 4 is 45.4 Å². The van der Waals surface area contributed by atoms with Crippen LogP contribution in [-0.2, 0) is 11.3 Å². The summed E-state index contributed by atoms with van der Waals surface area (Å²) in [5.74, 6) is 0.157. The van der Waals surface area contributed by atoms with Crippen molar-refractivity contribution in [1.29, 1.82) is 0 Å². The molecule has 0 radical (unpaired) electrons. The molecule has 160 valence electrons. The first-order valence-corrected chi connectivity index (χ1v) is 11.7. The molecule has 0 aromatic heterocycles. The maximum absolute atomic E-state index is 13.1. The third kappa shape index (κ3) is 6.60. The molecule has 0 spiro atoms. The Balaban J connectivity index is 2.08. The van der Waals surface area contributed by atoms with Crippen LogP contribution in [0.2, 0.25) is 0 Å². The molecule has 0 aliphatic carbocycles. The van der Waals surface area contributed by atoms with Gasteiger partial charge in [0.2, 0.25) is 5.91 Å². The quantitative estimate of drug-likeness (QED) is 0.563. The van der Waals surface area contributed by atoms with Gasteiger partial charge in [-0.3, -0.25) is 14.4 Å². The van der Waals surface area contributed by atoms with Crippen molar-refractivity contribution in [2.24, 2.45) is 0 Å². The van der Waals surface area contributed by atoms with Gasteiger partial charge in [-0.1, -0.05) is 24.3 Å². The van der Waals surface area contributed by atoms with E-state index in [0.29, 0.717) is 28.6 Å². The number of likely N-dealkylation sites (N-methyl/N-ethyl adjacent to an activating group) is 1. The number of thioether (sulfide) groups is 1. The fourth-order valence-corrected chi connectivity index (χ4v) is 3.83. The zero-order valence-electron chi connectivity index (χ0n) is 17.3. The zero-order valence-corrected chi connectivity index (χ0v) is 19.7. The molecule has 1 unspecified atom stereocenters. The fourth-order valence-electron chi connectivity index (χ4n) is 2.90. The maximum Gasteiger partial charge on any atom is 0.253 e. The van der Waals surface area contributed by atoms with E-state index in [2.05, 4.69) is 26.6 Å². The topological polar surface area (TPSA) is 78.5 Å². The van der Waals surface area contributed by atoms with E-state index >= 15 is 0 Å². The zero-order chi connectivity index (χ0) is 22.1. The highest BCUT2D eigenvalue weighted by molar-refractivity contribution is 9.10. The van der Waals surface area contributed by atoms with Gasteiger partial charge in [0, 0.05) is 30.7 Å². The van der Waals surface area contributed by atoms with Crippen LogP contribution in [0.5, 0.6) is 0 Å². The van der Waals surface area contributed by atoms with Crippen molar-refractivity contribution in [1.82, 2.24) is 15.5 Å². The highest BCUT2D eigenvalue weighted by atomic mass is 79.9. The first-order valence-electron chi connectivity index (χ1n) is 9.47. The van der Waals surface area contributed by atoms with Gasteiger partial charge in [-0.15, -0.1) is 0 Å². The molecule has 0 saturated heterocycles. The van der Waals surface area contributed by atoms with Gasteiger partial charge in [-0.05, 0) is 64.2 Å². The van der Waals surface area contributed by atoms with Crippen molar-refractivity contribution in [3.05, 3.63) is 69.7 Å². The number of rotatable bonds is 9. The van der Waals surface area contributed by atoms with Crippen LogP contribution in [0.4, 0.5) is 0 Å². The fraction of sp³-hybridized carbons (Fsp3) is 0.318. The summed E-state index contributed by atoms with van der Waals surface area (Å²) < 4.78 is 0.683. The molecule has 0 fully saturated rings. The van der Waals surface area contributed by atoms with Crippen molar-refractivity contribution in [2.45, 2.75) is 19.0 Å². The van der Waals surface area contributed by atoms with E-state index < -0.39 is 6.04 Å². The SMILES string of the molecule is CNC(=O)c1ccc(CN(C)C(=O)C(CCSC)NC(=O)c2ccccc2Br)cc1. The maximum atomic E-state index is 13.1. The van der Waals surface area contributed by atoms with Gasteiger partial charge in [-0.25, -0.2) is 0 Å². The number of carbonyl (C=O) groups is 3. The molecule has 0 aliphatic heterocycles. The normalized spacial score (nSPS) is 11.5.